The number of hydrogen-bond acceptors (Lipinski definition) is 3. The molecule has 20 heavy (non-hydrogen) atoms. The van der Waals surface area contributed by atoms with Crippen molar-refractivity contribution >= 4 is 18.3 Å². The Hall–Kier alpha value is -1.26. The number of piperidine rings is 1. The summed E-state index contributed by atoms with van der Waals surface area (Å²) in [7, 11) is 0. The Morgan fingerprint density at radius 3 is 2.70 bits per heavy atom. The zero-order valence-corrected chi connectivity index (χ0v) is 12.8. The van der Waals surface area contributed by atoms with Gasteiger partial charge in [-0.25, -0.2) is 0 Å². The zero-order valence-electron chi connectivity index (χ0n) is 12.0. The van der Waals surface area contributed by atoms with E-state index in [1.165, 1.54) is 0 Å². The van der Waals surface area contributed by atoms with Crippen LogP contribution < -0.4 is 15.4 Å². The molecule has 1 amide bonds. The molecule has 4 nitrogen and oxygen atoms in total. The van der Waals surface area contributed by atoms with Gasteiger partial charge in [0.15, 0.2) is 0 Å². The van der Waals surface area contributed by atoms with Gasteiger partial charge in [-0.05, 0) is 57.5 Å². The number of halogens is 1. The molecule has 112 valence electrons. The summed E-state index contributed by atoms with van der Waals surface area (Å²) in [6, 6.07) is 7.83. The molecule has 1 aliphatic heterocycles. The molecule has 2 rings (SSSR count). The molecule has 0 bridgehead atoms. The lowest BCUT2D eigenvalue weighted by Gasteiger charge is -2.30. The first kappa shape index (κ1) is 16.8. The van der Waals surface area contributed by atoms with E-state index in [9.17, 15) is 4.79 Å². The minimum absolute atomic E-state index is 0. The van der Waals surface area contributed by atoms with Crippen molar-refractivity contribution in [2.45, 2.75) is 38.8 Å². The average molecular weight is 299 g/mol. The van der Waals surface area contributed by atoms with Crippen LogP contribution in [0.1, 0.15) is 37.0 Å². The van der Waals surface area contributed by atoms with Gasteiger partial charge in [0.05, 0.1) is 6.61 Å². The molecule has 1 aliphatic rings. The van der Waals surface area contributed by atoms with Crippen LogP contribution in [0.3, 0.4) is 0 Å². The Labute approximate surface area is 126 Å². The lowest BCUT2D eigenvalue weighted by atomic mass is 9.99. The maximum atomic E-state index is 12.1. The molecule has 1 aromatic rings. The maximum Gasteiger partial charge on any atom is 0.251 e. The van der Waals surface area contributed by atoms with Gasteiger partial charge in [0.1, 0.15) is 5.75 Å². The molecule has 2 unspecified atom stereocenters. The van der Waals surface area contributed by atoms with E-state index in [1.807, 2.05) is 19.1 Å². The van der Waals surface area contributed by atoms with Crippen LogP contribution in [0.5, 0.6) is 5.75 Å². The summed E-state index contributed by atoms with van der Waals surface area (Å²) >= 11 is 0. The van der Waals surface area contributed by atoms with Crippen molar-refractivity contribution in [2.24, 2.45) is 0 Å². The highest BCUT2D eigenvalue weighted by atomic mass is 35.5. The van der Waals surface area contributed by atoms with Crippen LogP contribution in [0, 0.1) is 0 Å². The Bertz CT molecular complexity index is 422. The summed E-state index contributed by atoms with van der Waals surface area (Å²) in [5, 5.41) is 6.47. The lowest BCUT2D eigenvalue weighted by Crippen LogP contribution is -2.51. The number of carbonyl (C=O) groups excluding carboxylic acids is 1. The number of hydrogen-bond donors (Lipinski definition) is 2. The summed E-state index contributed by atoms with van der Waals surface area (Å²) in [6.45, 7) is 5.73. The molecule has 0 aliphatic carbocycles. The minimum Gasteiger partial charge on any atom is -0.494 e. The van der Waals surface area contributed by atoms with E-state index in [0.29, 0.717) is 18.2 Å². The van der Waals surface area contributed by atoms with Crippen molar-refractivity contribution in [3.8, 4) is 5.75 Å². The smallest absolute Gasteiger partial charge is 0.251 e. The van der Waals surface area contributed by atoms with Gasteiger partial charge >= 0.3 is 0 Å². The van der Waals surface area contributed by atoms with Gasteiger partial charge in [0.25, 0.3) is 5.91 Å². The van der Waals surface area contributed by atoms with E-state index >= 15 is 0 Å². The highest BCUT2D eigenvalue weighted by Gasteiger charge is 2.22. The molecule has 1 heterocycles. The fraction of sp³-hybridized carbons (Fsp3) is 0.533. The monoisotopic (exact) mass is 298 g/mol. The van der Waals surface area contributed by atoms with Crippen molar-refractivity contribution in [2.75, 3.05) is 13.2 Å². The third-order valence-electron chi connectivity index (χ3n) is 3.51. The SMILES string of the molecule is CCOc1ccc(C(=O)NC2CCCNC2C)cc1.Cl. The van der Waals surface area contributed by atoms with Crippen LogP contribution in [-0.2, 0) is 0 Å². The zero-order chi connectivity index (χ0) is 13.7. The predicted octanol–water partition coefficient (Wildman–Crippen LogP) is 2.38. The normalized spacial score (nSPS) is 21.7. The number of benzene rings is 1. The van der Waals surface area contributed by atoms with E-state index in [2.05, 4.69) is 17.6 Å². The van der Waals surface area contributed by atoms with Gasteiger partial charge in [0.2, 0.25) is 0 Å². The summed E-state index contributed by atoms with van der Waals surface area (Å²) in [5.41, 5.74) is 0.682. The number of nitrogens with one attached hydrogen (secondary N) is 2. The van der Waals surface area contributed by atoms with E-state index in [-0.39, 0.29) is 24.4 Å². The number of amides is 1. The predicted molar refractivity (Wildman–Crippen MR) is 82.8 cm³/mol. The molecule has 1 aromatic carbocycles. The molecule has 0 spiro atoms. The maximum absolute atomic E-state index is 12.1. The number of rotatable bonds is 4. The van der Waals surface area contributed by atoms with Crippen LogP contribution in [0.25, 0.3) is 0 Å². The molecule has 0 saturated carbocycles. The largest absolute Gasteiger partial charge is 0.494 e. The molecular formula is C15H23ClN2O2. The van der Waals surface area contributed by atoms with Gasteiger partial charge in [0, 0.05) is 17.6 Å². The fourth-order valence-electron chi connectivity index (χ4n) is 2.36. The molecule has 2 atom stereocenters. The van der Waals surface area contributed by atoms with Crippen molar-refractivity contribution in [3.05, 3.63) is 29.8 Å². The van der Waals surface area contributed by atoms with Crippen molar-refractivity contribution in [1.29, 1.82) is 0 Å². The van der Waals surface area contributed by atoms with Crippen LogP contribution in [0.2, 0.25) is 0 Å². The molecule has 0 aromatic heterocycles. The summed E-state index contributed by atoms with van der Waals surface area (Å²) < 4.78 is 5.37. The Balaban J connectivity index is 0.00000200. The first-order chi connectivity index (χ1) is 9.20. The molecule has 1 saturated heterocycles. The van der Waals surface area contributed by atoms with Gasteiger partial charge in [-0.2, -0.15) is 0 Å². The van der Waals surface area contributed by atoms with Gasteiger partial charge in [-0.3, -0.25) is 4.79 Å². The molecular weight excluding hydrogens is 276 g/mol. The lowest BCUT2D eigenvalue weighted by molar-refractivity contribution is 0.0920. The molecule has 1 fully saturated rings. The third-order valence-corrected chi connectivity index (χ3v) is 3.51. The fourth-order valence-corrected chi connectivity index (χ4v) is 2.36. The van der Waals surface area contributed by atoms with E-state index < -0.39 is 0 Å². The summed E-state index contributed by atoms with van der Waals surface area (Å²) in [4.78, 5) is 12.1. The number of carbonyl (C=O) groups is 1. The second-order valence-electron chi connectivity index (χ2n) is 4.92. The highest BCUT2D eigenvalue weighted by molar-refractivity contribution is 5.94. The Kier molecular flexibility index (Phi) is 6.82. The quantitative estimate of drug-likeness (QED) is 0.897. The van der Waals surface area contributed by atoms with Crippen molar-refractivity contribution in [3.63, 3.8) is 0 Å². The second-order valence-corrected chi connectivity index (χ2v) is 4.92. The van der Waals surface area contributed by atoms with Gasteiger partial charge < -0.3 is 15.4 Å². The minimum atomic E-state index is -0.0106. The van der Waals surface area contributed by atoms with Crippen LogP contribution >= 0.6 is 12.4 Å². The standard InChI is InChI=1S/C15H22N2O2.ClH/c1-3-19-13-8-6-12(7-9-13)15(18)17-14-5-4-10-16-11(14)2;/h6-9,11,14,16H,3-5,10H2,1-2H3,(H,17,18);1H. The molecule has 5 heteroatoms. The van der Waals surface area contributed by atoms with Gasteiger partial charge in [-0.15, -0.1) is 12.4 Å². The van der Waals surface area contributed by atoms with E-state index in [1.54, 1.807) is 12.1 Å². The van der Waals surface area contributed by atoms with Crippen LogP contribution in [0.15, 0.2) is 24.3 Å². The topological polar surface area (TPSA) is 50.4 Å². The van der Waals surface area contributed by atoms with E-state index in [0.717, 1.165) is 25.1 Å². The third kappa shape index (κ3) is 4.39. The first-order valence-corrected chi connectivity index (χ1v) is 6.98. The molecule has 2 N–H and O–H groups in total. The van der Waals surface area contributed by atoms with Crippen molar-refractivity contribution < 1.29 is 9.53 Å². The average Bonchev–Trinajstić information content (AvgIpc) is 2.42. The molecule has 0 radical (unpaired) electrons. The second kappa shape index (κ2) is 8.12. The summed E-state index contributed by atoms with van der Waals surface area (Å²) in [5.74, 6) is 0.787. The Morgan fingerprint density at radius 1 is 1.40 bits per heavy atom. The van der Waals surface area contributed by atoms with Crippen LogP contribution in [-0.4, -0.2) is 31.1 Å². The Morgan fingerprint density at radius 2 is 2.10 bits per heavy atom. The highest BCUT2D eigenvalue weighted by Crippen LogP contribution is 2.13. The van der Waals surface area contributed by atoms with Gasteiger partial charge in [-0.1, -0.05) is 0 Å². The van der Waals surface area contributed by atoms with Crippen molar-refractivity contribution in [1.82, 2.24) is 10.6 Å². The first-order valence-electron chi connectivity index (χ1n) is 6.98. The summed E-state index contributed by atoms with van der Waals surface area (Å²) in [6.07, 6.45) is 2.15. The van der Waals surface area contributed by atoms with Crippen LogP contribution in [0.4, 0.5) is 0 Å². The number of ether oxygens (including phenoxy) is 1. The van der Waals surface area contributed by atoms with E-state index in [4.69, 9.17) is 4.74 Å².